The van der Waals surface area contributed by atoms with Crippen LogP contribution in [0.5, 0.6) is 0 Å². The summed E-state index contributed by atoms with van der Waals surface area (Å²) in [7, 11) is 3.88. The van der Waals surface area contributed by atoms with Crippen molar-refractivity contribution >= 4 is 109 Å². The number of rotatable bonds is 0. The molecule has 0 unspecified atom stereocenters. The van der Waals surface area contributed by atoms with Gasteiger partial charge in [-0.2, -0.15) is 5.10 Å². The van der Waals surface area contributed by atoms with Gasteiger partial charge in [-0.3, -0.25) is 34.6 Å². The molecule has 20 aromatic rings. The van der Waals surface area contributed by atoms with Crippen LogP contribution in [0.3, 0.4) is 0 Å². The van der Waals surface area contributed by atoms with Gasteiger partial charge in [-0.1, -0.05) is 324 Å². The molecule has 10 heterocycles. The van der Waals surface area contributed by atoms with Gasteiger partial charge in [0.25, 0.3) is 0 Å². The number of hydrogen-bond donors (Lipinski definition) is 0. The number of para-hydroxylation sites is 6. The lowest BCUT2D eigenvalue weighted by atomic mass is 9.84. The molecule has 0 saturated carbocycles. The number of pyridine rings is 6. The summed E-state index contributed by atoms with van der Waals surface area (Å²) in [5.74, 6) is 0. The standard InChI is InChI=1S/C14H16.4C13H15N.C12H14N2.C12H15N.C11H14N2.C8H8N2.C7H7N3/c1-14(2,3)13-10-6-8-11-7-4-5-9-12(11)13;1-13(2,3)11-7-4-8-12-10(11)6-5-9-14-12;1-13(2,3)12-9-14-8-10-6-4-5-7-11(10)12;1-13(2,3)11-8-9-14-12-7-5-4-6-10(11)12;1-13(2,3)12-11-7-5-4-6-10(11)8-9-14-12;1-12(2,3)10-7-13-8-11-9(10)5-4-6-14-11;1-12(2,3)13-9-8-10-6-4-5-7-11(10)13;1-11(2,3)13-10-7-5-4-6-9(10)8-12-13;1-10-6-9-7-4-2-3-5-8(7)10;1-10-7-5-3-2-4-6(7)8-9-10/h4-10H,1-3H3;4*4-9H,1-3H3;4-8H,1-3H3;4-9H,1-3H3;4-8H,1-3H3;2-6H,1H3;2-5H,1H3. The maximum atomic E-state index is 4.48. The van der Waals surface area contributed by atoms with Crippen LogP contribution in [0.15, 0.2) is 341 Å². The van der Waals surface area contributed by atoms with E-state index in [1.165, 1.54) is 109 Å². The summed E-state index contributed by atoms with van der Waals surface area (Å²) in [6, 6.07) is 93.8. The van der Waals surface area contributed by atoms with Crippen LogP contribution < -0.4 is 0 Å². The molecule has 0 fully saturated rings. The molecule has 10 aromatic heterocycles. The van der Waals surface area contributed by atoms with Crippen LogP contribution in [0.4, 0.5) is 0 Å². The largest absolute Gasteiger partial charge is 0.342 e. The van der Waals surface area contributed by atoms with E-state index >= 15 is 0 Å². The molecule has 0 saturated heterocycles. The molecule has 0 spiro atoms. The van der Waals surface area contributed by atoms with Crippen molar-refractivity contribution < 1.29 is 0 Å². The van der Waals surface area contributed by atoms with Gasteiger partial charge in [-0.25, -0.2) is 9.67 Å². The molecule has 0 bridgehead atoms. The lowest BCUT2D eigenvalue weighted by Crippen LogP contribution is -2.22. The van der Waals surface area contributed by atoms with E-state index in [0.717, 1.165) is 33.1 Å². The third-order valence-electron chi connectivity index (χ3n) is 22.3. The third kappa shape index (κ3) is 25.5. The molecule has 0 aliphatic rings. The topological polar surface area (TPSA) is 149 Å². The molecule has 668 valence electrons. The summed E-state index contributed by atoms with van der Waals surface area (Å²) in [6.45, 7) is 53.1. The Kier molecular flexibility index (Phi) is 31.2. The van der Waals surface area contributed by atoms with Crippen molar-refractivity contribution in [3.8, 4) is 0 Å². The molecule has 130 heavy (non-hydrogen) atoms. The Balaban J connectivity index is 0.000000140. The molecule has 14 heteroatoms. The summed E-state index contributed by atoms with van der Waals surface area (Å²) in [4.78, 5) is 30.2. The Morgan fingerprint density at radius 2 is 0.638 bits per heavy atom. The molecule has 0 radical (unpaired) electrons. The van der Waals surface area contributed by atoms with Gasteiger partial charge in [-0.05, 0) is 202 Å². The van der Waals surface area contributed by atoms with Crippen molar-refractivity contribution in [3.05, 3.63) is 375 Å². The van der Waals surface area contributed by atoms with E-state index in [-0.39, 0.29) is 43.6 Å². The highest BCUT2D eigenvalue weighted by Gasteiger charge is 2.23. The molecule has 0 aliphatic carbocycles. The zero-order chi connectivity index (χ0) is 94.0. The first kappa shape index (κ1) is 97.2. The Hall–Kier alpha value is -13.5. The Morgan fingerprint density at radius 1 is 0.238 bits per heavy atom. The number of benzene rings is 10. The molecule has 0 N–H and O–H groups in total. The van der Waals surface area contributed by atoms with Gasteiger partial charge in [-0.15, -0.1) is 5.10 Å². The second-order valence-corrected chi connectivity index (χ2v) is 41.1. The van der Waals surface area contributed by atoms with Gasteiger partial charge in [0.1, 0.15) is 5.52 Å². The van der Waals surface area contributed by atoms with Crippen LogP contribution in [0.25, 0.3) is 109 Å². The van der Waals surface area contributed by atoms with Crippen molar-refractivity contribution in [1.29, 1.82) is 0 Å². The van der Waals surface area contributed by atoms with E-state index in [4.69, 9.17) is 0 Å². The van der Waals surface area contributed by atoms with Crippen molar-refractivity contribution in [2.24, 2.45) is 14.1 Å². The number of nitrogens with zero attached hydrogens (tertiary/aromatic N) is 14. The lowest BCUT2D eigenvalue weighted by Gasteiger charge is -2.22. The molecule has 0 aliphatic heterocycles. The first-order chi connectivity index (χ1) is 61.5. The quantitative estimate of drug-likeness (QED) is 0.144. The lowest BCUT2D eigenvalue weighted by molar-refractivity contribution is 0.368. The third-order valence-corrected chi connectivity index (χ3v) is 22.3. The Labute approximate surface area is 771 Å². The van der Waals surface area contributed by atoms with Crippen LogP contribution in [0.2, 0.25) is 0 Å². The van der Waals surface area contributed by atoms with E-state index in [1.807, 2.05) is 147 Å². The molecule has 14 nitrogen and oxygen atoms in total. The van der Waals surface area contributed by atoms with Gasteiger partial charge in [0.15, 0.2) is 0 Å². The van der Waals surface area contributed by atoms with E-state index in [2.05, 4.69) is 432 Å². The van der Waals surface area contributed by atoms with Crippen molar-refractivity contribution in [2.45, 2.75) is 210 Å². The SMILES string of the molecule is CC(C)(C)c1cccc2ccccc12.CC(C)(C)c1cccc2ncccc12.CC(C)(C)c1ccnc2ccccc12.CC(C)(C)c1cncc2ccccc12.CC(C)(C)c1cncc2ncccc12.CC(C)(C)c1nccc2ccccc12.CC(C)(C)n1ccc2ccccc21.CC(C)(C)n1ncc2ccccc21.Cn1cnc2ccccc21.Cn1nnc2ccccc21. The fourth-order valence-electron chi connectivity index (χ4n) is 15.7. The number of hydrogen-bond acceptors (Lipinski definition) is 10. The first-order valence-corrected chi connectivity index (χ1v) is 45.1. The zero-order valence-electron chi connectivity index (χ0n) is 81.6. The molecule has 10 aromatic carbocycles. The monoisotopic (exact) mass is 1720 g/mol. The maximum absolute atomic E-state index is 4.48. The molecule has 20 rings (SSSR count). The number of aromatic nitrogens is 14. The summed E-state index contributed by atoms with van der Waals surface area (Å²) in [5.41, 5.74) is 19.0. The molecular weight excluding hydrogens is 1590 g/mol. The van der Waals surface area contributed by atoms with E-state index in [1.54, 1.807) is 10.9 Å². The minimum Gasteiger partial charge on any atom is -0.342 e. The summed E-state index contributed by atoms with van der Waals surface area (Å²) >= 11 is 0. The molecule has 0 amide bonds. The highest BCUT2D eigenvalue weighted by Crippen LogP contribution is 2.35. The average molecular weight is 1720 g/mol. The van der Waals surface area contributed by atoms with Crippen molar-refractivity contribution in [2.75, 3.05) is 0 Å². The van der Waals surface area contributed by atoms with Gasteiger partial charge in [0, 0.05) is 112 Å². The van der Waals surface area contributed by atoms with Crippen LogP contribution in [-0.2, 0) is 57.7 Å². The Morgan fingerprint density at radius 3 is 1.20 bits per heavy atom. The normalized spacial score (nSPS) is 11.8. The van der Waals surface area contributed by atoms with Crippen LogP contribution >= 0.6 is 0 Å². The van der Waals surface area contributed by atoms with Crippen LogP contribution in [0, 0.1) is 0 Å². The van der Waals surface area contributed by atoms with E-state index in [9.17, 15) is 0 Å². The summed E-state index contributed by atoms with van der Waals surface area (Å²) < 4.78 is 8.13. The highest BCUT2D eigenvalue weighted by atomic mass is 15.4. The van der Waals surface area contributed by atoms with Gasteiger partial charge in [0.2, 0.25) is 0 Å². The minimum atomic E-state index is 0.0586. The van der Waals surface area contributed by atoms with Gasteiger partial charge in [0.05, 0.1) is 68.6 Å². The zero-order valence-corrected chi connectivity index (χ0v) is 81.6. The second-order valence-electron chi connectivity index (χ2n) is 41.1. The number of fused-ring (bicyclic) bond motifs is 10. The summed E-state index contributed by atoms with van der Waals surface area (Å²) in [5, 5.41) is 26.2. The van der Waals surface area contributed by atoms with Crippen LogP contribution in [0.1, 0.15) is 200 Å². The van der Waals surface area contributed by atoms with Crippen LogP contribution in [-0.4, -0.2) is 68.8 Å². The smallest absolute Gasteiger partial charge is 0.113 e. The maximum Gasteiger partial charge on any atom is 0.113 e. The predicted molar refractivity (Wildman–Crippen MR) is 554 cm³/mol. The number of aryl methyl sites for hydroxylation is 2. The van der Waals surface area contributed by atoms with E-state index < -0.39 is 0 Å². The highest BCUT2D eigenvalue weighted by molar-refractivity contribution is 5.89. The fraction of sp³-hybridized carbons (Fsp3) is 0.293. The Bertz CT molecular complexity index is 6190. The number of imidazole rings is 1. The summed E-state index contributed by atoms with van der Waals surface area (Å²) in [6.07, 6.45) is 21.0. The molecule has 0 atom stereocenters. The van der Waals surface area contributed by atoms with Gasteiger partial charge >= 0.3 is 0 Å². The average Bonchev–Trinajstić information content (AvgIpc) is 1.25. The minimum absolute atomic E-state index is 0.0586. The predicted octanol–water partition coefficient (Wildman–Crippen LogP) is 29.9. The first-order valence-electron chi connectivity index (χ1n) is 45.1. The van der Waals surface area contributed by atoms with E-state index in [0.29, 0.717) is 0 Å². The van der Waals surface area contributed by atoms with Gasteiger partial charge < -0.3 is 9.13 Å². The fourth-order valence-corrected chi connectivity index (χ4v) is 15.7. The van der Waals surface area contributed by atoms with Crippen molar-refractivity contribution in [1.82, 2.24) is 68.8 Å². The molecular formula is C116H134N14. The second kappa shape index (κ2) is 41.8. The van der Waals surface area contributed by atoms with Crippen molar-refractivity contribution in [3.63, 3.8) is 0 Å².